The van der Waals surface area contributed by atoms with E-state index in [1.165, 1.54) is 4.90 Å². The van der Waals surface area contributed by atoms with Crippen LogP contribution >= 0.6 is 0 Å². The van der Waals surface area contributed by atoms with Crippen molar-refractivity contribution in [1.82, 2.24) is 4.90 Å². The number of hydrogen-bond acceptors (Lipinski definition) is 2. The van der Waals surface area contributed by atoms with Crippen LogP contribution in [-0.4, -0.2) is 30.0 Å². The zero-order valence-electron chi connectivity index (χ0n) is 7.82. The minimum absolute atomic E-state index is 0.0330. The van der Waals surface area contributed by atoms with Crippen LogP contribution in [0.3, 0.4) is 0 Å². The summed E-state index contributed by atoms with van der Waals surface area (Å²) in [4.78, 5) is 12.8. The van der Waals surface area contributed by atoms with Crippen molar-refractivity contribution in [2.75, 3.05) is 14.1 Å². The fourth-order valence-electron chi connectivity index (χ4n) is 0.999. The Morgan fingerprint density at radius 2 is 2.15 bits per heavy atom. The van der Waals surface area contributed by atoms with Gasteiger partial charge in [-0.2, -0.15) is 0 Å². The van der Waals surface area contributed by atoms with Gasteiger partial charge in [-0.3, -0.25) is 4.79 Å². The minimum Gasteiger partial charge on any atom is -0.508 e. The van der Waals surface area contributed by atoms with Gasteiger partial charge >= 0.3 is 0 Å². The van der Waals surface area contributed by atoms with Gasteiger partial charge in [-0.05, 0) is 17.7 Å². The first-order valence-corrected chi connectivity index (χ1v) is 4.07. The van der Waals surface area contributed by atoms with Gasteiger partial charge in [0.05, 0.1) is 6.42 Å². The van der Waals surface area contributed by atoms with Crippen LogP contribution in [0.25, 0.3) is 0 Å². The van der Waals surface area contributed by atoms with Crippen LogP contribution in [-0.2, 0) is 11.2 Å². The number of amides is 1. The largest absolute Gasteiger partial charge is 0.508 e. The quantitative estimate of drug-likeness (QED) is 0.736. The number of rotatable bonds is 2. The molecule has 3 heteroatoms. The van der Waals surface area contributed by atoms with E-state index in [9.17, 15) is 4.79 Å². The number of phenolic OH excluding ortho intramolecular Hbond substituents is 1. The predicted molar refractivity (Wildman–Crippen MR) is 50.5 cm³/mol. The summed E-state index contributed by atoms with van der Waals surface area (Å²) in [6.07, 6.45) is 0.335. The lowest BCUT2D eigenvalue weighted by atomic mass is 10.1. The molecular formula is C10H13NO2. The van der Waals surface area contributed by atoms with Crippen molar-refractivity contribution in [3.8, 4) is 5.75 Å². The maximum Gasteiger partial charge on any atom is 0.226 e. The second-order valence-electron chi connectivity index (χ2n) is 3.13. The molecule has 70 valence electrons. The molecule has 0 heterocycles. The fourth-order valence-corrected chi connectivity index (χ4v) is 0.999. The maximum absolute atomic E-state index is 11.3. The number of phenols is 1. The lowest BCUT2D eigenvalue weighted by Crippen LogP contribution is -2.23. The van der Waals surface area contributed by atoms with Crippen LogP contribution in [0.4, 0.5) is 0 Å². The lowest BCUT2D eigenvalue weighted by Gasteiger charge is -2.09. The molecule has 3 nitrogen and oxygen atoms in total. The van der Waals surface area contributed by atoms with E-state index in [-0.39, 0.29) is 11.7 Å². The monoisotopic (exact) mass is 179 g/mol. The third-order valence-corrected chi connectivity index (χ3v) is 1.76. The van der Waals surface area contributed by atoms with E-state index in [0.29, 0.717) is 6.42 Å². The average Bonchev–Trinajstić information content (AvgIpc) is 2.04. The molecule has 0 saturated carbocycles. The van der Waals surface area contributed by atoms with Crippen LogP contribution in [0.5, 0.6) is 5.75 Å². The molecule has 1 aromatic carbocycles. The molecule has 0 aliphatic rings. The average molecular weight is 179 g/mol. The Labute approximate surface area is 77.6 Å². The first kappa shape index (κ1) is 9.58. The Morgan fingerprint density at radius 3 is 2.69 bits per heavy atom. The molecule has 1 N–H and O–H groups in total. The summed E-state index contributed by atoms with van der Waals surface area (Å²) in [5.74, 6) is 0.231. The Hall–Kier alpha value is -1.51. The van der Waals surface area contributed by atoms with Gasteiger partial charge in [0.15, 0.2) is 0 Å². The minimum atomic E-state index is 0.0330. The van der Waals surface area contributed by atoms with Crippen LogP contribution < -0.4 is 0 Å². The summed E-state index contributed by atoms with van der Waals surface area (Å²) < 4.78 is 0. The van der Waals surface area contributed by atoms with E-state index < -0.39 is 0 Å². The number of benzene rings is 1. The van der Waals surface area contributed by atoms with E-state index in [4.69, 9.17) is 5.11 Å². The molecule has 0 aliphatic carbocycles. The van der Waals surface area contributed by atoms with Crippen molar-refractivity contribution in [1.29, 1.82) is 0 Å². The van der Waals surface area contributed by atoms with Crippen LogP contribution in [0.1, 0.15) is 5.56 Å². The van der Waals surface area contributed by atoms with Gasteiger partial charge in [0, 0.05) is 14.1 Å². The Kier molecular flexibility index (Phi) is 2.90. The third kappa shape index (κ3) is 2.78. The van der Waals surface area contributed by atoms with E-state index in [0.717, 1.165) is 5.56 Å². The molecule has 0 spiro atoms. The van der Waals surface area contributed by atoms with Gasteiger partial charge in [0.1, 0.15) is 5.75 Å². The summed E-state index contributed by atoms with van der Waals surface area (Å²) >= 11 is 0. The lowest BCUT2D eigenvalue weighted by molar-refractivity contribution is -0.127. The van der Waals surface area contributed by atoms with Gasteiger partial charge in [0.25, 0.3) is 0 Å². The molecule has 0 aromatic heterocycles. The molecule has 1 amide bonds. The summed E-state index contributed by atoms with van der Waals surface area (Å²) in [5.41, 5.74) is 0.832. The van der Waals surface area contributed by atoms with Crippen LogP contribution in [0.2, 0.25) is 0 Å². The normalized spacial score (nSPS) is 9.69. The molecular weight excluding hydrogens is 166 g/mol. The molecule has 1 rings (SSSR count). The third-order valence-electron chi connectivity index (χ3n) is 1.76. The zero-order chi connectivity index (χ0) is 9.84. The van der Waals surface area contributed by atoms with Crippen molar-refractivity contribution in [2.24, 2.45) is 0 Å². The van der Waals surface area contributed by atoms with Crippen molar-refractivity contribution < 1.29 is 9.90 Å². The van der Waals surface area contributed by atoms with Gasteiger partial charge in [0.2, 0.25) is 5.91 Å². The van der Waals surface area contributed by atoms with Gasteiger partial charge in [-0.15, -0.1) is 0 Å². The smallest absolute Gasteiger partial charge is 0.226 e. The SMILES string of the molecule is CN(C)C(=O)Cc1cccc(O)c1. The standard InChI is InChI=1S/C10H13NO2/c1-11(2)10(13)7-8-4-3-5-9(12)6-8/h3-6,12H,7H2,1-2H3. The van der Waals surface area contributed by atoms with Gasteiger partial charge < -0.3 is 10.0 Å². The Bertz CT molecular complexity index is 308. The fraction of sp³-hybridized carbons (Fsp3) is 0.300. The van der Waals surface area contributed by atoms with E-state index in [1.54, 1.807) is 32.3 Å². The number of carbonyl (C=O) groups is 1. The van der Waals surface area contributed by atoms with Crippen LogP contribution in [0.15, 0.2) is 24.3 Å². The van der Waals surface area contributed by atoms with E-state index in [2.05, 4.69) is 0 Å². The molecule has 0 aliphatic heterocycles. The molecule has 13 heavy (non-hydrogen) atoms. The number of nitrogens with zero attached hydrogens (tertiary/aromatic N) is 1. The highest BCUT2D eigenvalue weighted by molar-refractivity contribution is 5.78. The van der Waals surface area contributed by atoms with Crippen molar-refractivity contribution >= 4 is 5.91 Å². The topological polar surface area (TPSA) is 40.5 Å². The highest BCUT2D eigenvalue weighted by atomic mass is 16.3. The predicted octanol–water partition coefficient (Wildman–Crippen LogP) is 1.02. The van der Waals surface area contributed by atoms with Crippen molar-refractivity contribution in [3.63, 3.8) is 0 Å². The van der Waals surface area contributed by atoms with E-state index >= 15 is 0 Å². The molecule has 0 radical (unpaired) electrons. The van der Waals surface area contributed by atoms with Crippen molar-refractivity contribution in [3.05, 3.63) is 29.8 Å². The van der Waals surface area contributed by atoms with Crippen LogP contribution in [0, 0.1) is 0 Å². The number of hydrogen-bond donors (Lipinski definition) is 1. The highest BCUT2D eigenvalue weighted by Crippen LogP contribution is 2.11. The second kappa shape index (κ2) is 3.94. The van der Waals surface area contributed by atoms with E-state index in [1.807, 2.05) is 6.07 Å². The first-order valence-electron chi connectivity index (χ1n) is 4.07. The molecule has 0 bridgehead atoms. The molecule has 0 atom stereocenters. The van der Waals surface area contributed by atoms with Gasteiger partial charge in [-0.1, -0.05) is 12.1 Å². The number of carbonyl (C=O) groups excluding carboxylic acids is 1. The molecule has 1 aromatic rings. The number of aromatic hydroxyl groups is 1. The Balaban J connectivity index is 2.69. The molecule has 0 fully saturated rings. The first-order chi connectivity index (χ1) is 6.09. The second-order valence-corrected chi connectivity index (χ2v) is 3.13. The highest BCUT2D eigenvalue weighted by Gasteiger charge is 2.05. The van der Waals surface area contributed by atoms with Gasteiger partial charge in [-0.25, -0.2) is 0 Å². The Morgan fingerprint density at radius 1 is 1.46 bits per heavy atom. The number of likely N-dealkylation sites (N-methyl/N-ethyl adjacent to an activating group) is 1. The summed E-state index contributed by atoms with van der Waals surface area (Å²) in [6.45, 7) is 0. The molecule has 0 saturated heterocycles. The summed E-state index contributed by atoms with van der Waals surface area (Å²) in [7, 11) is 3.43. The zero-order valence-corrected chi connectivity index (χ0v) is 7.82. The van der Waals surface area contributed by atoms with Crippen molar-refractivity contribution in [2.45, 2.75) is 6.42 Å². The molecule has 0 unspecified atom stereocenters. The maximum atomic E-state index is 11.3. The summed E-state index contributed by atoms with van der Waals surface area (Å²) in [5, 5.41) is 9.14. The summed E-state index contributed by atoms with van der Waals surface area (Å²) in [6, 6.07) is 6.74.